The molecule has 5 nitrogen and oxygen atoms in total. The van der Waals surface area contributed by atoms with Crippen LogP contribution in [0, 0.1) is 0 Å². The molecule has 0 radical (unpaired) electrons. The Morgan fingerprint density at radius 3 is 2.28 bits per heavy atom. The van der Waals surface area contributed by atoms with Crippen LogP contribution in [0.2, 0.25) is 5.02 Å². The van der Waals surface area contributed by atoms with Gasteiger partial charge in [-0.05, 0) is 24.6 Å². The van der Waals surface area contributed by atoms with Crippen LogP contribution in [0.4, 0.5) is 0 Å². The topological polar surface area (TPSA) is 67.8 Å². The Morgan fingerprint density at radius 1 is 1.04 bits per heavy atom. The minimum Gasteiger partial charge on any atom is -0.464 e. The van der Waals surface area contributed by atoms with Crippen LogP contribution in [0.25, 0.3) is 0 Å². The molecule has 0 unspecified atom stereocenters. The lowest BCUT2D eigenvalue weighted by Crippen LogP contribution is -2.20. The van der Waals surface area contributed by atoms with Crippen LogP contribution in [0.3, 0.4) is 0 Å². The normalized spacial score (nSPS) is 11.8. The number of hydrogen-bond acceptors (Lipinski definition) is 5. The monoisotopic (exact) mass is 356 g/mol. The second-order valence-corrected chi connectivity index (χ2v) is 5.53. The molecule has 0 aliphatic rings. The lowest BCUT2D eigenvalue weighted by Gasteiger charge is -2.07. The predicted octanol–water partition coefficient (Wildman–Crippen LogP) is 3.59. The molecular weight excluding hydrogens is 340 g/mol. The van der Waals surface area contributed by atoms with Crippen molar-refractivity contribution in [2.24, 2.45) is 5.10 Å². The number of methoxy groups -OCH3 is 1. The van der Waals surface area contributed by atoms with Crippen LogP contribution in [0.15, 0.2) is 71.5 Å². The van der Waals surface area contributed by atoms with Gasteiger partial charge in [0.05, 0.1) is 12.8 Å². The fraction of sp³-hybridized carbons (Fsp3) is 0.105. The van der Waals surface area contributed by atoms with Crippen molar-refractivity contribution in [3.63, 3.8) is 0 Å². The molecule has 128 valence electrons. The molecule has 0 saturated heterocycles. The van der Waals surface area contributed by atoms with Crippen molar-refractivity contribution in [2.45, 2.75) is 6.92 Å². The highest BCUT2D eigenvalue weighted by Crippen LogP contribution is 2.10. The van der Waals surface area contributed by atoms with Crippen molar-refractivity contribution in [3.05, 3.63) is 82.5 Å². The van der Waals surface area contributed by atoms with Crippen molar-refractivity contribution in [1.29, 1.82) is 0 Å². The summed E-state index contributed by atoms with van der Waals surface area (Å²) in [4.78, 5) is 24.1. The number of esters is 1. The maximum absolute atomic E-state index is 12.2. The molecule has 0 spiro atoms. The summed E-state index contributed by atoms with van der Waals surface area (Å²) in [6, 6.07) is 15.7. The van der Waals surface area contributed by atoms with E-state index in [4.69, 9.17) is 16.3 Å². The maximum Gasteiger partial charge on any atom is 0.356 e. The van der Waals surface area contributed by atoms with Gasteiger partial charge in [-0.15, -0.1) is 0 Å². The number of allylic oxidation sites excluding steroid dienone is 1. The molecule has 0 heterocycles. The van der Waals surface area contributed by atoms with Crippen molar-refractivity contribution >= 4 is 29.1 Å². The number of hydrazone groups is 1. The predicted molar refractivity (Wildman–Crippen MR) is 97.7 cm³/mol. The second kappa shape index (κ2) is 8.80. The quantitative estimate of drug-likeness (QED) is 0.282. The van der Waals surface area contributed by atoms with E-state index in [1.54, 1.807) is 61.5 Å². The Labute approximate surface area is 151 Å². The number of ether oxygens (including phenoxy) is 1. The first-order valence-electron chi connectivity index (χ1n) is 7.47. The first kappa shape index (κ1) is 18.4. The number of benzene rings is 2. The second-order valence-electron chi connectivity index (χ2n) is 5.10. The molecule has 6 heteroatoms. The lowest BCUT2D eigenvalue weighted by atomic mass is 10.1. The van der Waals surface area contributed by atoms with Crippen LogP contribution >= 0.6 is 11.6 Å². The average Bonchev–Trinajstić information content (AvgIpc) is 2.65. The Kier molecular flexibility index (Phi) is 6.48. The van der Waals surface area contributed by atoms with Gasteiger partial charge in [-0.25, -0.2) is 4.79 Å². The zero-order valence-corrected chi connectivity index (χ0v) is 14.6. The molecule has 0 saturated carbocycles. The summed E-state index contributed by atoms with van der Waals surface area (Å²) in [5.41, 5.74) is 4.47. The third kappa shape index (κ3) is 5.29. The van der Waals surface area contributed by atoms with Gasteiger partial charge in [-0.1, -0.05) is 54.1 Å². The van der Waals surface area contributed by atoms with E-state index >= 15 is 0 Å². The summed E-state index contributed by atoms with van der Waals surface area (Å²) in [6.07, 6.45) is 1.17. The molecule has 1 N–H and O–H groups in total. The number of halogens is 1. The highest BCUT2D eigenvalue weighted by atomic mass is 35.5. The fourth-order valence-corrected chi connectivity index (χ4v) is 2.09. The van der Waals surface area contributed by atoms with Crippen molar-refractivity contribution in [2.75, 3.05) is 7.11 Å². The number of carbonyl (C=O) groups excluding carboxylic acids is 2. The Balaban J connectivity index is 2.22. The molecule has 0 bridgehead atoms. The van der Waals surface area contributed by atoms with Crippen LogP contribution in [0.1, 0.15) is 22.8 Å². The van der Waals surface area contributed by atoms with E-state index in [0.29, 0.717) is 16.3 Å². The minimum absolute atomic E-state index is 0.0512. The maximum atomic E-state index is 12.2. The third-order valence-corrected chi connectivity index (χ3v) is 3.60. The zero-order valence-electron chi connectivity index (χ0n) is 13.8. The molecule has 2 aromatic rings. The van der Waals surface area contributed by atoms with Gasteiger partial charge in [0.1, 0.15) is 5.70 Å². The van der Waals surface area contributed by atoms with Crippen molar-refractivity contribution in [3.8, 4) is 0 Å². The van der Waals surface area contributed by atoms with E-state index in [-0.39, 0.29) is 11.5 Å². The van der Waals surface area contributed by atoms with Crippen LogP contribution < -0.4 is 5.43 Å². The minimum atomic E-state index is -0.683. The molecule has 0 aromatic heterocycles. The fourth-order valence-electron chi connectivity index (χ4n) is 1.96. The number of rotatable bonds is 6. The molecule has 0 amide bonds. The van der Waals surface area contributed by atoms with Gasteiger partial charge in [0.2, 0.25) is 0 Å². The van der Waals surface area contributed by atoms with Gasteiger partial charge in [0.25, 0.3) is 0 Å². The Morgan fingerprint density at radius 2 is 1.68 bits per heavy atom. The smallest absolute Gasteiger partial charge is 0.356 e. The first-order chi connectivity index (χ1) is 12.0. The van der Waals surface area contributed by atoms with Gasteiger partial charge in [0, 0.05) is 16.7 Å². The number of ketones is 1. The highest BCUT2D eigenvalue weighted by Gasteiger charge is 2.13. The van der Waals surface area contributed by atoms with Gasteiger partial charge in [0.15, 0.2) is 5.78 Å². The van der Waals surface area contributed by atoms with E-state index in [0.717, 1.165) is 5.56 Å². The summed E-state index contributed by atoms with van der Waals surface area (Å²) < 4.78 is 4.69. The lowest BCUT2D eigenvalue weighted by molar-refractivity contribution is -0.136. The zero-order chi connectivity index (χ0) is 18.2. The largest absolute Gasteiger partial charge is 0.464 e. The summed E-state index contributed by atoms with van der Waals surface area (Å²) in [5, 5.41) is 4.76. The van der Waals surface area contributed by atoms with Gasteiger partial charge in [-0.2, -0.15) is 5.10 Å². The van der Waals surface area contributed by atoms with Crippen LogP contribution in [0.5, 0.6) is 0 Å². The van der Waals surface area contributed by atoms with E-state index in [1.165, 1.54) is 13.2 Å². The number of nitrogens with zero attached hydrogens (tertiary/aromatic N) is 1. The van der Waals surface area contributed by atoms with Crippen LogP contribution in [-0.4, -0.2) is 24.6 Å². The highest BCUT2D eigenvalue weighted by molar-refractivity contribution is 6.30. The summed E-state index contributed by atoms with van der Waals surface area (Å²) in [5.74, 6) is -1.01. The molecule has 2 aromatic carbocycles. The molecule has 0 fully saturated rings. The van der Waals surface area contributed by atoms with Gasteiger partial charge < -0.3 is 4.74 Å². The standard InChI is InChI=1S/C19H17ClN2O3/c1-13(14-8-10-16(20)11-9-14)21-22-17(19(24)25-2)12-18(23)15-6-4-3-5-7-15/h3-12,22H,1-2H3. The van der Waals surface area contributed by atoms with E-state index in [2.05, 4.69) is 10.5 Å². The molecule has 2 rings (SSSR count). The first-order valence-corrected chi connectivity index (χ1v) is 7.84. The summed E-state index contributed by atoms with van der Waals surface area (Å²) in [7, 11) is 1.24. The average molecular weight is 357 g/mol. The van der Waals surface area contributed by atoms with E-state index in [1.807, 2.05) is 0 Å². The number of carbonyl (C=O) groups is 2. The molecular formula is C19H17ClN2O3. The van der Waals surface area contributed by atoms with Crippen LogP contribution in [-0.2, 0) is 9.53 Å². The summed E-state index contributed by atoms with van der Waals surface area (Å²) >= 11 is 5.86. The van der Waals surface area contributed by atoms with E-state index < -0.39 is 5.97 Å². The van der Waals surface area contributed by atoms with Gasteiger partial charge >= 0.3 is 5.97 Å². The molecule has 0 atom stereocenters. The molecule has 0 aliphatic heterocycles. The van der Waals surface area contributed by atoms with E-state index in [9.17, 15) is 9.59 Å². The molecule has 0 aliphatic carbocycles. The Bertz CT molecular complexity index is 812. The van der Waals surface area contributed by atoms with Crippen molar-refractivity contribution in [1.82, 2.24) is 5.43 Å². The number of nitrogens with one attached hydrogen (secondary N) is 1. The SMILES string of the molecule is COC(=O)C(=CC(=O)c1ccccc1)NN=C(C)c1ccc(Cl)cc1. The summed E-state index contributed by atoms with van der Waals surface area (Å²) in [6.45, 7) is 1.77. The molecule has 25 heavy (non-hydrogen) atoms. The Hall–Kier alpha value is -2.92. The van der Waals surface area contributed by atoms with Crippen molar-refractivity contribution < 1.29 is 14.3 Å². The number of hydrogen-bond donors (Lipinski definition) is 1. The third-order valence-electron chi connectivity index (χ3n) is 3.35. The van der Waals surface area contributed by atoms with Gasteiger partial charge in [-0.3, -0.25) is 10.2 Å².